The number of hydrogen-bond acceptors (Lipinski definition) is 3. The molecule has 2 atom stereocenters. The second kappa shape index (κ2) is 6.09. The van der Waals surface area contributed by atoms with Crippen LogP contribution in [0, 0.1) is 0 Å². The summed E-state index contributed by atoms with van der Waals surface area (Å²) in [6, 6.07) is 10.9. The standard InChI is InChI=1S/C16H21N3O/c1-20-16-5-3-2-4-15(16)18-13-8-6-12(7-9-13)14-10-11-17-19-14/h6-11,15-16,18H,2-5H2,1H3,(H,17,19). The van der Waals surface area contributed by atoms with E-state index in [9.17, 15) is 0 Å². The summed E-state index contributed by atoms with van der Waals surface area (Å²) in [5.41, 5.74) is 3.35. The van der Waals surface area contributed by atoms with Gasteiger partial charge in [0.25, 0.3) is 0 Å². The van der Waals surface area contributed by atoms with Crippen LogP contribution in [0.5, 0.6) is 0 Å². The molecule has 1 aromatic carbocycles. The zero-order valence-corrected chi connectivity index (χ0v) is 11.8. The first-order valence-electron chi connectivity index (χ1n) is 7.26. The van der Waals surface area contributed by atoms with Gasteiger partial charge >= 0.3 is 0 Å². The third-order valence-corrected chi connectivity index (χ3v) is 4.05. The molecule has 0 radical (unpaired) electrons. The maximum atomic E-state index is 5.58. The second-order valence-electron chi connectivity index (χ2n) is 5.36. The van der Waals surface area contributed by atoms with Gasteiger partial charge < -0.3 is 10.1 Å². The number of benzene rings is 1. The van der Waals surface area contributed by atoms with E-state index in [2.05, 4.69) is 39.8 Å². The van der Waals surface area contributed by atoms with Crippen molar-refractivity contribution in [1.82, 2.24) is 10.2 Å². The SMILES string of the molecule is COC1CCCCC1Nc1ccc(-c2ccn[nH]2)cc1. The number of methoxy groups -OCH3 is 1. The summed E-state index contributed by atoms with van der Waals surface area (Å²) in [5, 5.41) is 10.6. The summed E-state index contributed by atoms with van der Waals surface area (Å²) in [4.78, 5) is 0. The van der Waals surface area contributed by atoms with Crippen LogP contribution >= 0.6 is 0 Å². The molecule has 1 saturated carbocycles. The predicted octanol–water partition coefficient (Wildman–Crippen LogP) is 3.45. The third kappa shape index (κ3) is 2.85. The minimum absolute atomic E-state index is 0.330. The van der Waals surface area contributed by atoms with Crippen molar-refractivity contribution >= 4 is 5.69 Å². The van der Waals surface area contributed by atoms with Gasteiger partial charge in [0, 0.05) is 19.0 Å². The fourth-order valence-electron chi connectivity index (χ4n) is 2.92. The minimum atomic E-state index is 0.330. The predicted molar refractivity (Wildman–Crippen MR) is 80.7 cm³/mol. The topological polar surface area (TPSA) is 49.9 Å². The lowest BCUT2D eigenvalue weighted by molar-refractivity contribution is 0.0606. The number of rotatable bonds is 4. The molecular formula is C16H21N3O. The molecule has 0 amide bonds. The first-order valence-corrected chi connectivity index (χ1v) is 7.26. The first kappa shape index (κ1) is 13.2. The molecule has 0 spiro atoms. The van der Waals surface area contributed by atoms with Gasteiger partial charge in [-0.25, -0.2) is 0 Å². The largest absolute Gasteiger partial charge is 0.380 e. The number of ether oxygens (including phenoxy) is 1. The molecule has 0 aliphatic heterocycles. The Morgan fingerprint density at radius 3 is 2.65 bits per heavy atom. The van der Waals surface area contributed by atoms with Gasteiger partial charge in [-0.2, -0.15) is 5.10 Å². The zero-order chi connectivity index (χ0) is 13.8. The van der Waals surface area contributed by atoms with E-state index in [1.54, 1.807) is 6.20 Å². The van der Waals surface area contributed by atoms with E-state index in [0.29, 0.717) is 12.1 Å². The molecule has 20 heavy (non-hydrogen) atoms. The molecule has 3 rings (SSSR count). The molecule has 0 saturated heterocycles. The van der Waals surface area contributed by atoms with Crippen LogP contribution in [-0.4, -0.2) is 29.5 Å². The Morgan fingerprint density at radius 1 is 1.15 bits per heavy atom. The quantitative estimate of drug-likeness (QED) is 0.895. The highest BCUT2D eigenvalue weighted by Crippen LogP contribution is 2.25. The zero-order valence-electron chi connectivity index (χ0n) is 11.8. The molecular weight excluding hydrogens is 250 g/mol. The van der Waals surface area contributed by atoms with Crippen LogP contribution in [0.3, 0.4) is 0 Å². The lowest BCUT2D eigenvalue weighted by Gasteiger charge is -2.31. The molecule has 0 bridgehead atoms. The number of nitrogens with one attached hydrogen (secondary N) is 2. The van der Waals surface area contributed by atoms with E-state index in [4.69, 9.17) is 4.74 Å². The Morgan fingerprint density at radius 2 is 1.95 bits per heavy atom. The minimum Gasteiger partial charge on any atom is -0.380 e. The molecule has 1 aromatic heterocycles. The lowest BCUT2D eigenvalue weighted by Crippen LogP contribution is -2.37. The maximum Gasteiger partial charge on any atom is 0.0772 e. The van der Waals surface area contributed by atoms with Gasteiger partial charge in [0.15, 0.2) is 0 Å². The highest BCUT2D eigenvalue weighted by molar-refractivity contribution is 5.62. The van der Waals surface area contributed by atoms with Crippen molar-refractivity contribution in [3.63, 3.8) is 0 Å². The summed E-state index contributed by atoms with van der Waals surface area (Å²) in [5.74, 6) is 0. The number of hydrogen-bond donors (Lipinski definition) is 2. The molecule has 1 fully saturated rings. The Kier molecular flexibility index (Phi) is 4.02. The van der Waals surface area contributed by atoms with Gasteiger partial charge in [0.1, 0.15) is 0 Å². The molecule has 4 nitrogen and oxygen atoms in total. The third-order valence-electron chi connectivity index (χ3n) is 4.05. The molecule has 2 unspecified atom stereocenters. The summed E-state index contributed by atoms with van der Waals surface area (Å²) >= 11 is 0. The molecule has 1 heterocycles. The van der Waals surface area contributed by atoms with E-state index >= 15 is 0 Å². The number of nitrogens with zero attached hydrogens (tertiary/aromatic N) is 1. The Hall–Kier alpha value is -1.81. The van der Waals surface area contributed by atoms with Crippen LogP contribution in [0.25, 0.3) is 11.3 Å². The average molecular weight is 271 g/mol. The van der Waals surface area contributed by atoms with Crippen molar-refractivity contribution in [2.24, 2.45) is 0 Å². The van der Waals surface area contributed by atoms with Gasteiger partial charge in [0.2, 0.25) is 0 Å². The Labute approximate surface area is 119 Å². The van der Waals surface area contributed by atoms with Crippen molar-refractivity contribution < 1.29 is 4.74 Å². The number of H-pyrrole nitrogens is 1. The van der Waals surface area contributed by atoms with Gasteiger partial charge in [0.05, 0.1) is 17.8 Å². The molecule has 1 aliphatic rings. The first-order chi connectivity index (χ1) is 9.86. The second-order valence-corrected chi connectivity index (χ2v) is 5.36. The van der Waals surface area contributed by atoms with Crippen molar-refractivity contribution in [2.75, 3.05) is 12.4 Å². The van der Waals surface area contributed by atoms with E-state index in [1.807, 2.05) is 13.2 Å². The van der Waals surface area contributed by atoms with Crippen molar-refractivity contribution in [1.29, 1.82) is 0 Å². The molecule has 1 aliphatic carbocycles. The van der Waals surface area contributed by atoms with Crippen LogP contribution in [0.2, 0.25) is 0 Å². The highest BCUT2D eigenvalue weighted by atomic mass is 16.5. The van der Waals surface area contributed by atoms with Crippen LogP contribution in [0.4, 0.5) is 5.69 Å². The Bertz CT molecular complexity index is 521. The van der Waals surface area contributed by atoms with Gasteiger partial charge in [-0.3, -0.25) is 5.10 Å². The summed E-state index contributed by atoms with van der Waals surface area (Å²) in [6.07, 6.45) is 6.99. The fraction of sp³-hybridized carbons (Fsp3) is 0.438. The van der Waals surface area contributed by atoms with E-state index in [-0.39, 0.29) is 0 Å². The van der Waals surface area contributed by atoms with Crippen LogP contribution in [-0.2, 0) is 4.74 Å². The Balaban J connectivity index is 1.68. The van der Waals surface area contributed by atoms with E-state index < -0.39 is 0 Å². The normalized spacial score (nSPS) is 22.6. The highest BCUT2D eigenvalue weighted by Gasteiger charge is 2.24. The van der Waals surface area contributed by atoms with Crippen LogP contribution in [0.15, 0.2) is 36.5 Å². The van der Waals surface area contributed by atoms with Crippen LogP contribution in [0.1, 0.15) is 25.7 Å². The lowest BCUT2D eigenvalue weighted by atomic mass is 9.92. The summed E-state index contributed by atoms with van der Waals surface area (Å²) in [6.45, 7) is 0. The molecule has 106 valence electrons. The van der Waals surface area contributed by atoms with E-state index in [1.165, 1.54) is 19.3 Å². The number of anilines is 1. The van der Waals surface area contributed by atoms with Gasteiger partial charge in [-0.1, -0.05) is 25.0 Å². The summed E-state index contributed by atoms with van der Waals surface area (Å²) in [7, 11) is 1.81. The maximum absolute atomic E-state index is 5.58. The molecule has 2 aromatic rings. The smallest absolute Gasteiger partial charge is 0.0772 e. The summed E-state index contributed by atoms with van der Waals surface area (Å²) < 4.78 is 5.58. The fourth-order valence-corrected chi connectivity index (χ4v) is 2.92. The van der Waals surface area contributed by atoms with Crippen molar-refractivity contribution in [3.8, 4) is 11.3 Å². The van der Waals surface area contributed by atoms with E-state index in [0.717, 1.165) is 23.4 Å². The molecule has 2 N–H and O–H groups in total. The van der Waals surface area contributed by atoms with Crippen molar-refractivity contribution in [3.05, 3.63) is 36.5 Å². The average Bonchev–Trinajstić information content (AvgIpc) is 3.03. The van der Waals surface area contributed by atoms with Crippen LogP contribution < -0.4 is 5.32 Å². The van der Waals surface area contributed by atoms with Gasteiger partial charge in [-0.15, -0.1) is 0 Å². The number of aromatic amines is 1. The van der Waals surface area contributed by atoms with Gasteiger partial charge in [-0.05, 0) is 36.6 Å². The molecule has 4 heteroatoms. The van der Waals surface area contributed by atoms with Crippen molar-refractivity contribution in [2.45, 2.75) is 37.8 Å². The number of aromatic nitrogens is 2. The monoisotopic (exact) mass is 271 g/mol.